The normalized spacial score (nSPS) is 12.7. The monoisotopic (exact) mass is 268 g/mol. The van der Waals surface area contributed by atoms with E-state index in [1.54, 1.807) is 0 Å². The van der Waals surface area contributed by atoms with E-state index in [0.29, 0.717) is 5.92 Å². The van der Waals surface area contributed by atoms with Crippen LogP contribution in [0.1, 0.15) is 47.8 Å². The van der Waals surface area contributed by atoms with E-state index in [4.69, 9.17) is 0 Å². The van der Waals surface area contributed by atoms with Crippen LogP contribution in [0, 0.1) is 19.8 Å². The number of benzene rings is 2. The van der Waals surface area contributed by atoms with Crippen molar-refractivity contribution >= 4 is 0 Å². The van der Waals surface area contributed by atoms with Crippen LogP contribution in [-0.2, 0) is 6.42 Å². The van der Waals surface area contributed by atoms with Crippen LogP contribution in [0.5, 0.6) is 0 Å². The van der Waals surface area contributed by atoms with Gasteiger partial charge < -0.3 is 5.11 Å². The first-order valence-corrected chi connectivity index (χ1v) is 7.32. The van der Waals surface area contributed by atoms with E-state index in [2.05, 4.69) is 52.0 Å². The molecule has 0 spiro atoms. The van der Waals surface area contributed by atoms with E-state index >= 15 is 0 Å². The van der Waals surface area contributed by atoms with Crippen LogP contribution in [0.4, 0.5) is 0 Å². The number of hydrogen-bond acceptors (Lipinski definition) is 1. The molecule has 0 radical (unpaired) electrons. The van der Waals surface area contributed by atoms with E-state index in [0.717, 1.165) is 28.7 Å². The number of aliphatic hydroxyl groups is 1. The van der Waals surface area contributed by atoms with Crippen molar-refractivity contribution in [3.8, 4) is 0 Å². The van der Waals surface area contributed by atoms with Gasteiger partial charge in [0.15, 0.2) is 0 Å². The first-order valence-electron chi connectivity index (χ1n) is 7.32. The van der Waals surface area contributed by atoms with Gasteiger partial charge in [-0.1, -0.05) is 56.3 Å². The quantitative estimate of drug-likeness (QED) is 0.860. The van der Waals surface area contributed by atoms with Gasteiger partial charge in [-0.05, 0) is 54.0 Å². The van der Waals surface area contributed by atoms with Gasteiger partial charge >= 0.3 is 0 Å². The summed E-state index contributed by atoms with van der Waals surface area (Å²) in [5.41, 5.74) is 5.61. The Kier molecular flexibility index (Phi) is 4.61. The van der Waals surface area contributed by atoms with Crippen molar-refractivity contribution in [3.05, 3.63) is 70.3 Å². The summed E-state index contributed by atoms with van der Waals surface area (Å²) >= 11 is 0. The first kappa shape index (κ1) is 14.8. The van der Waals surface area contributed by atoms with Crippen molar-refractivity contribution in [2.75, 3.05) is 0 Å². The molecule has 2 aromatic carbocycles. The Balaban J connectivity index is 2.36. The lowest BCUT2D eigenvalue weighted by atomic mass is 9.91. The summed E-state index contributed by atoms with van der Waals surface area (Å²) in [6, 6.07) is 14.5. The standard InChI is InChI=1S/C19H24O/c1-13(2)11-16-9-6-10-17(12-16)19(20)18-14(3)7-5-8-15(18)4/h5-10,12-13,19-20H,11H2,1-4H3. The summed E-state index contributed by atoms with van der Waals surface area (Å²) in [6.45, 7) is 8.55. The van der Waals surface area contributed by atoms with E-state index in [-0.39, 0.29) is 0 Å². The minimum atomic E-state index is -0.539. The van der Waals surface area contributed by atoms with Crippen molar-refractivity contribution < 1.29 is 5.11 Å². The van der Waals surface area contributed by atoms with Crippen LogP contribution in [0.3, 0.4) is 0 Å². The second-order valence-electron chi connectivity index (χ2n) is 6.05. The third-order valence-electron chi connectivity index (χ3n) is 3.73. The van der Waals surface area contributed by atoms with E-state index in [1.165, 1.54) is 5.56 Å². The fraction of sp³-hybridized carbons (Fsp3) is 0.368. The zero-order valence-electron chi connectivity index (χ0n) is 12.9. The lowest BCUT2D eigenvalue weighted by molar-refractivity contribution is 0.218. The average molecular weight is 268 g/mol. The van der Waals surface area contributed by atoms with Crippen LogP contribution in [-0.4, -0.2) is 5.11 Å². The van der Waals surface area contributed by atoms with Gasteiger partial charge in [0, 0.05) is 0 Å². The van der Waals surface area contributed by atoms with Gasteiger partial charge in [0.1, 0.15) is 6.10 Å². The molecular weight excluding hydrogens is 244 g/mol. The van der Waals surface area contributed by atoms with Crippen LogP contribution < -0.4 is 0 Å². The summed E-state index contributed by atoms with van der Waals surface area (Å²) in [7, 11) is 0. The van der Waals surface area contributed by atoms with Gasteiger partial charge in [-0.2, -0.15) is 0 Å². The Morgan fingerprint density at radius 1 is 0.950 bits per heavy atom. The molecule has 1 heteroatoms. The Morgan fingerprint density at radius 3 is 2.15 bits per heavy atom. The Hall–Kier alpha value is -1.60. The maximum atomic E-state index is 10.7. The predicted octanol–water partition coefficient (Wildman–Crippen LogP) is 4.58. The third-order valence-corrected chi connectivity index (χ3v) is 3.73. The van der Waals surface area contributed by atoms with Crippen molar-refractivity contribution in [1.82, 2.24) is 0 Å². The summed E-state index contributed by atoms with van der Waals surface area (Å²) < 4.78 is 0. The van der Waals surface area contributed by atoms with E-state index in [1.807, 2.05) is 18.2 Å². The molecule has 106 valence electrons. The van der Waals surface area contributed by atoms with Gasteiger partial charge in [0.2, 0.25) is 0 Å². The summed E-state index contributed by atoms with van der Waals surface area (Å²) in [4.78, 5) is 0. The Bertz CT molecular complexity index is 564. The molecule has 20 heavy (non-hydrogen) atoms. The second-order valence-corrected chi connectivity index (χ2v) is 6.05. The molecule has 2 aromatic rings. The molecule has 0 bridgehead atoms. The van der Waals surface area contributed by atoms with Gasteiger partial charge in [0.05, 0.1) is 0 Å². The lowest BCUT2D eigenvalue weighted by Gasteiger charge is -2.18. The second kappa shape index (κ2) is 6.23. The number of aliphatic hydroxyl groups excluding tert-OH is 1. The number of rotatable bonds is 4. The first-order chi connectivity index (χ1) is 9.49. The average Bonchev–Trinajstić information content (AvgIpc) is 2.38. The van der Waals surface area contributed by atoms with Crippen molar-refractivity contribution in [2.45, 2.75) is 40.2 Å². The lowest BCUT2D eigenvalue weighted by Crippen LogP contribution is -2.05. The molecule has 0 fully saturated rings. The third kappa shape index (κ3) is 3.29. The van der Waals surface area contributed by atoms with Gasteiger partial charge in [-0.15, -0.1) is 0 Å². The molecule has 1 atom stereocenters. The molecule has 1 unspecified atom stereocenters. The molecular formula is C19H24O. The molecule has 0 aromatic heterocycles. The highest BCUT2D eigenvalue weighted by Crippen LogP contribution is 2.28. The zero-order valence-corrected chi connectivity index (χ0v) is 12.9. The molecule has 0 aliphatic heterocycles. The molecule has 1 N–H and O–H groups in total. The number of aryl methyl sites for hydroxylation is 2. The fourth-order valence-corrected chi connectivity index (χ4v) is 2.79. The topological polar surface area (TPSA) is 20.2 Å². The van der Waals surface area contributed by atoms with Crippen LogP contribution in [0.2, 0.25) is 0 Å². The number of hydrogen-bond donors (Lipinski definition) is 1. The van der Waals surface area contributed by atoms with Crippen molar-refractivity contribution in [3.63, 3.8) is 0 Å². The molecule has 2 rings (SSSR count). The maximum Gasteiger partial charge on any atom is 0.105 e. The molecule has 0 aliphatic rings. The highest BCUT2D eigenvalue weighted by molar-refractivity contribution is 5.41. The van der Waals surface area contributed by atoms with Gasteiger partial charge in [-0.25, -0.2) is 0 Å². The van der Waals surface area contributed by atoms with E-state index in [9.17, 15) is 5.11 Å². The van der Waals surface area contributed by atoms with E-state index < -0.39 is 6.10 Å². The Morgan fingerprint density at radius 2 is 1.55 bits per heavy atom. The summed E-state index contributed by atoms with van der Waals surface area (Å²) in [5, 5.41) is 10.7. The minimum Gasteiger partial charge on any atom is -0.384 e. The largest absolute Gasteiger partial charge is 0.384 e. The highest BCUT2D eigenvalue weighted by atomic mass is 16.3. The van der Waals surface area contributed by atoms with Crippen LogP contribution >= 0.6 is 0 Å². The maximum absolute atomic E-state index is 10.7. The Labute approximate surface area is 122 Å². The molecule has 0 aliphatic carbocycles. The predicted molar refractivity (Wildman–Crippen MR) is 85.0 cm³/mol. The zero-order chi connectivity index (χ0) is 14.7. The highest BCUT2D eigenvalue weighted by Gasteiger charge is 2.15. The van der Waals surface area contributed by atoms with Gasteiger partial charge in [0.25, 0.3) is 0 Å². The summed E-state index contributed by atoms with van der Waals surface area (Å²) in [6.07, 6.45) is 0.510. The van der Waals surface area contributed by atoms with Crippen LogP contribution in [0.15, 0.2) is 42.5 Å². The minimum absolute atomic E-state index is 0.539. The summed E-state index contributed by atoms with van der Waals surface area (Å²) in [5.74, 6) is 0.627. The van der Waals surface area contributed by atoms with Crippen molar-refractivity contribution in [2.24, 2.45) is 5.92 Å². The van der Waals surface area contributed by atoms with Crippen molar-refractivity contribution in [1.29, 1.82) is 0 Å². The fourth-order valence-electron chi connectivity index (χ4n) is 2.79. The SMILES string of the molecule is Cc1cccc(C)c1C(O)c1cccc(CC(C)C)c1. The molecule has 0 amide bonds. The molecule has 0 saturated carbocycles. The van der Waals surface area contributed by atoms with Gasteiger partial charge in [-0.3, -0.25) is 0 Å². The molecule has 0 saturated heterocycles. The molecule has 0 heterocycles. The van der Waals surface area contributed by atoms with Crippen LogP contribution in [0.25, 0.3) is 0 Å². The molecule has 1 nitrogen and oxygen atoms in total. The smallest absolute Gasteiger partial charge is 0.105 e.